The summed E-state index contributed by atoms with van der Waals surface area (Å²) in [7, 11) is -2.59. The first-order valence-corrected chi connectivity index (χ1v) is 4.87. The van der Waals surface area contributed by atoms with Gasteiger partial charge in [0.15, 0.2) is 6.10 Å². The summed E-state index contributed by atoms with van der Waals surface area (Å²) in [6.45, 7) is 3.53. The lowest BCUT2D eigenvalue weighted by molar-refractivity contribution is 0.233. The van der Waals surface area contributed by atoms with Gasteiger partial charge in [-0.05, 0) is 5.56 Å². The molecule has 0 aliphatic carbocycles. The molecule has 1 aromatic carbocycles. The molecular formula is C9H10O3P+. The highest BCUT2D eigenvalue weighted by Crippen LogP contribution is 2.28. The first kappa shape index (κ1) is 10.1. The fourth-order valence-electron chi connectivity index (χ4n) is 0.980. The molecule has 0 aliphatic heterocycles. The summed E-state index contributed by atoms with van der Waals surface area (Å²) >= 11 is 0. The van der Waals surface area contributed by atoms with E-state index in [-0.39, 0.29) is 0 Å². The van der Waals surface area contributed by atoms with Gasteiger partial charge >= 0.3 is 8.25 Å². The van der Waals surface area contributed by atoms with Crippen LogP contribution in [0.2, 0.25) is 0 Å². The van der Waals surface area contributed by atoms with Gasteiger partial charge in [0.25, 0.3) is 0 Å². The van der Waals surface area contributed by atoms with Crippen molar-refractivity contribution in [2.75, 3.05) is 0 Å². The van der Waals surface area contributed by atoms with Crippen molar-refractivity contribution in [3.05, 3.63) is 48.6 Å². The van der Waals surface area contributed by atoms with Crippen molar-refractivity contribution < 1.29 is 14.0 Å². The third kappa shape index (κ3) is 3.07. The zero-order chi connectivity index (χ0) is 9.68. The van der Waals surface area contributed by atoms with Gasteiger partial charge in [-0.2, -0.15) is 0 Å². The maximum atomic E-state index is 10.4. The summed E-state index contributed by atoms with van der Waals surface area (Å²) in [5.74, 6) is 0. The van der Waals surface area contributed by atoms with Crippen molar-refractivity contribution in [1.29, 1.82) is 0 Å². The van der Waals surface area contributed by atoms with E-state index in [0.717, 1.165) is 5.56 Å². The van der Waals surface area contributed by atoms with Crippen molar-refractivity contribution in [2.45, 2.75) is 6.10 Å². The van der Waals surface area contributed by atoms with Crippen molar-refractivity contribution >= 4 is 8.25 Å². The topological polar surface area (TPSA) is 46.5 Å². The average Bonchev–Trinajstić information content (AvgIpc) is 2.15. The SMILES string of the molecule is C=CC(O[P+](=O)O)c1ccccc1. The minimum absolute atomic E-state index is 0.519. The molecule has 0 amide bonds. The first-order valence-electron chi connectivity index (χ1n) is 3.74. The second kappa shape index (κ2) is 4.87. The maximum absolute atomic E-state index is 10.4. The van der Waals surface area contributed by atoms with Crippen LogP contribution in [-0.4, -0.2) is 4.89 Å². The minimum atomic E-state index is -2.59. The van der Waals surface area contributed by atoms with Gasteiger partial charge < -0.3 is 0 Å². The molecule has 0 saturated carbocycles. The molecule has 0 fully saturated rings. The molecule has 0 radical (unpaired) electrons. The molecular weight excluding hydrogens is 187 g/mol. The van der Waals surface area contributed by atoms with Crippen LogP contribution in [0, 0.1) is 0 Å². The molecule has 3 nitrogen and oxygen atoms in total. The Morgan fingerprint density at radius 1 is 1.46 bits per heavy atom. The summed E-state index contributed by atoms with van der Waals surface area (Å²) < 4.78 is 15.2. The highest BCUT2D eigenvalue weighted by atomic mass is 31.1. The third-order valence-corrected chi connectivity index (χ3v) is 1.95. The first-order chi connectivity index (χ1) is 6.24. The van der Waals surface area contributed by atoms with Crippen LogP contribution in [0.5, 0.6) is 0 Å². The van der Waals surface area contributed by atoms with Gasteiger partial charge in [0.2, 0.25) is 0 Å². The van der Waals surface area contributed by atoms with Gasteiger partial charge in [0, 0.05) is 4.57 Å². The van der Waals surface area contributed by atoms with Gasteiger partial charge in [0.05, 0.1) is 0 Å². The molecule has 13 heavy (non-hydrogen) atoms. The predicted molar refractivity (Wildman–Crippen MR) is 50.3 cm³/mol. The van der Waals surface area contributed by atoms with Crippen molar-refractivity contribution in [2.24, 2.45) is 0 Å². The second-order valence-corrected chi connectivity index (χ2v) is 3.10. The molecule has 4 heteroatoms. The van der Waals surface area contributed by atoms with Gasteiger partial charge in [-0.15, -0.1) is 9.42 Å². The number of hydrogen-bond donors (Lipinski definition) is 1. The molecule has 0 spiro atoms. The lowest BCUT2D eigenvalue weighted by Crippen LogP contribution is -1.94. The van der Waals surface area contributed by atoms with E-state index in [2.05, 4.69) is 6.58 Å². The summed E-state index contributed by atoms with van der Waals surface area (Å²) in [5, 5.41) is 0. The van der Waals surface area contributed by atoms with Gasteiger partial charge in [-0.1, -0.05) is 43.0 Å². The Hall–Kier alpha value is -1.02. The molecule has 68 valence electrons. The molecule has 0 heterocycles. The largest absolute Gasteiger partial charge is 0.695 e. The molecule has 2 unspecified atom stereocenters. The normalized spacial score (nSPS) is 13.5. The Morgan fingerprint density at radius 3 is 2.54 bits per heavy atom. The molecule has 1 rings (SSSR count). The minimum Gasteiger partial charge on any atom is -0.133 e. The number of rotatable bonds is 4. The van der Waals surface area contributed by atoms with Crippen LogP contribution in [0.3, 0.4) is 0 Å². The molecule has 1 aromatic rings. The summed E-state index contributed by atoms with van der Waals surface area (Å²) in [6, 6.07) is 9.15. The van der Waals surface area contributed by atoms with E-state index in [4.69, 9.17) is 9.42 Å². The van der Waals surface area contributed by atoms with Crippen LogP contribution in [0.1, 0.15) is 11.7 Å². The molecule has 2 atom stereocenters. The summed E-state index contributed by atoms with van der Waals surface area (Å²) in [6.07, 6.45) is 0.966. The fraction of sp³-hybridized carbons (Fsp3) is 0.111. The standard InChI is InChI=1S/C9H9O3P/c1-2-9(12-13(10)11)8-6-4-3-5-7-8/h2-7,9H,1H2/p+1. The quantitative estimate of drug-likeness (QED) is 0.596. The highest BCUT2D eigenvalue weighted by Gasteiger charge is 2.21. The lowest BCUT2D eigenvalue weighted by Gasteiger charge is -2.03. The van der Waals surface area contributed by atoms with Crippen molar-refractivity contribution in [3.8, 4) is 0 Å². The molecule has 1 N–H and O–H groups in total. The van der Waals surface area contributed by atoms with E-state index in [9.17, 15) is 4.57 Å². The van der Waals surface area contributed by atoms with Gasteiger partial charge in [-0.3, -0.25) is 0 Å². The Kier molecular flexibility index (Phi) is 3.77. The Morgan fingerprint density at radius 2 is 2.08 bits per heavy atom. The molecule has 0 aromatic heterocycles. The van der Waals surface area contributed by atoms with Crippen LogP contribution in [-0.2, 0) is 9.09 Å². The van der Waals surface area contributed by atoms with Crippen molar-refractivity contribution in [3.63, 3.8) is 0 Å². The van der Waals surface area contributed by atoms with Crippen molar-refractivity contribution in [1.82, 2.24) is 0 Å². The lowest BCUT2D eigenvalue weighted by atomic mass is 10.1. The fourth-order valence-corrected chi connectivity index (χ4v) is 1.38. The smallest absolute Gasteiger partial charge is 0.133 e. The van der Waals surface area contributed by atoms with E-state index in [1.165, 1.54) is 6.08 Å². The maximum Gasteiger partial charge on any atom is 0.695 e. The highest BCUT2D eigenvalue weighted by molar-refractivity contribution is 7.32. The predicted octanol–water partition coefficient (Wildman–Crippen LogP) is 2.58. The van der Waals surface area contributed by atoms with E-state index in [1.807, 2.05) is 30.3 Å². The van der Waals surface area contributed by atoms with Crippen LogP contribution >= 0.6 is 8.25 Å². The van der Waals surface area contributed by atoms with E-state index < -0.39 is 14.4 Å². The molecule has 0 saturated heterocycles. The number of hydrogen-bond acceptors (Lipinski definition) is 2. The molecule has 0 bridgehead atoms. The van der Waals surface area contributed by atoms with Crippen LogP contribution < -0.4 is 0 Å². The molecule has 0 aliphatic rings. The summed E-state index contributed by atoms with van der Waals surface area (Å²) in [5.41, 5.74) is 0.815. The van der Waals surface area contributed by atoms with Crippen LogP contribution in [0.15, 0.2) is 43.0 Å². The second-order valence-electron chi connectivity index (χ2n) is 2.41. The Balaban J connectivity index is 2.78. The zero-order valence-electron chi connectivity index (χ0n) is 6.96. The van der Waals surface area contributed by atoms with Crippen LogP contribution in [0.25, 0.3) is 0 Å². The monoisotopic (exact) mass is 197 g/mol. The summed E-state index contributed by atoms with van der Waals surface area (Å²) in [4.78, 5) is 8.55. The van der Waals surface area contributed by atoms with E-state index in [0.29, 0.717) is 0 Å². The van der Waals surface area contributed by atoms with Gasteiger partial charge in [-0.25, -0.2) is 0 Å². The Labute approximate surface area is 77.6 Å². The van der Waals surface area contributed by atoms with Gasteiger partial charge in [0.1, 0.15) is 0 Å². The number of benzene rings is 1. The third-order valence-electron chi connectivity index (χ3n) is 1.55. The Bertz CT molecular complexity index is 297. The van der Waals surface area contributed by atoms with Crippen LogP contribution in [0.4, 0.5) is 0 Å². The average molecular weight is 197 g/mol. The van der Waals surface area contributed by atoms with E-state index >= 15 is 0 Å². The zero-order valence-corrected chi connectivity index (χ0v) is 7.85. The van der Waals surface area contributed by atoms with E-state index in [1.54, 1.807) is 0 Å².